The Hall–Kier alpha value is -3.48. The number of ketones is 1. The van der Waals surface area contributed by atoms with Crippen LogP contribution in [0.15, 0.2) is 36.1 Å². The van der Waals surface area contributed by atoms with Gasteiger partial charge < -0.3 is 23.7 Å². The maximum absolute atomic E-state index is 12.8. The number of hydrogen-bond donors (Lipinski definition) is 0. The van der Waals surface area contributed by atoms with Crippen LogP contribution in [0.1, 0.15) is 36.7 Å². The van der Waals surface area contributed by atoms with Crippen LogP contribution >= 0.6 is 0 Å². The van der Waals surface area contributed by atoms with Gasteiger partial charge in [-0.25, -0.2) is 0 Å². The van der Waals surface area contributed by atoms with E-state index < -0.39 is 5.41 Å². The lowest BCUT2D eigenvalue weighted by Crippen LogP contribution is -2.25. The van der Waals surface area contributed by atoms with Crippen molar-refractivity contribution in [1.82, 2.24) is 0 Å². The number of allylic oxidation sites excluding steroid dienone is 1. The summed E-state index contributed by atoms with van der Waals surface area (Å²) in [6, 6.07) is 8.05. The van der Waals surface area contributed by atoms with Gasteiger partial charge in [-0.15, -0.1) is 0 Å². The van der Waals surface area contributed by atoms with E-state index in [9.17, 15) is 9.59 Å². The third-order valence-corrected chi connectivity index (χ3v) is 4.49. The fourth-order valence-corrected chi connectivity index (χ4v) is 2.80. The van der Waals surface area contributed by atoms with Crippen LogP contribution in [0.5, 0.6) is 28.7 Å². The first kappa shape index (κ1) is 21.2. The molecule has 2 aromatic carbocycles. The number of ether oxygens (including phenoxy) is 5. The number of carbonyl (C=O) groups is 2. The first-order valence-corrected chi connectivity index (χ1v) is 9.28. The van der Waals surface area contributed by atoms with E-state index in [1.165, 1.54) is 27.4 Å². The third kappa shape index (κ3) is 4.10. The van der Waals surface area contributed by atoms with E-state index in [2.05, 4.69) is 0 Å². The first-order valence-electron chi connectivity index (χ1n) is 9.28. The predicted molar refractivity (Wildman–Crippen MR) is 111 cm³/mol. The molecule has 0 aromatic heterocycles. The second-order valence-corrected chi connectivity index (χ2v) is 7.69. The molecule has 1 aliphatic heterocycles. The summed E-state index contributed by atoms with van der Waals surface area (Å²) in [5.41, 5.74) is 0.326. The molecule has 2 aromatic rings. The van der Waals surface area contributed by atoms with Crippen molar-refractivity contribution in [2.75, 3.05) is 21.3 Å². The number of esters is 1. The zero-order chi connectivity index (χ0) is 22.1. The van der Waals surface area contributed by atoms with E-state index in [4.69, 9.17) is 23.7 Å². The van der Waals surface area contributed by atoms with Gasteiger partial charge in [0.05, 0.1) is 32.3 Å². The number of methoxy groups -OCH3 is 3. The summed E-state index contributed by atoms with van der Waals surface area (Å²) >= 11 is 0. The van der Waals surface area contributed by atoms with Gasteiger partial charge in [0.2, 0.25) is 5.78 Å². The van der Waals surface area contributed by atoms with E-state index in [0.717, 1.165) is 0 Å². The molecular formula is C23H24O7. The van der Waals surface area contributed by atoms with Crippen molar-refractivity contribution < 1.29 is 33.3 Å². The summed E-state index contributed by atoms with van der Waals surface area (Å²) in [6.45, 7) is 5.29. The molecule has 0 atom stereocenters. The van der Waals surface area contributed by atoms with Gasteiger partial charge >= 0.3 is 5.97 Å². The Morgan fingerprint density at radius 3 is 2.17 bits per heavy atom. The van der Waals surface area contributed by atoms with Crippen molar-refractivity contribution in [2.24, 2.45) is 5.41 Å². The van der Waals surface area contributed by atoms with Gasteiger partial charge in [-0.2, -0.15) is 0 Å². The third-order valence-electron chi connectivity index (χ3n) is 4.49. The minimum absolute atomic E-state index is 0.120. The van der Waals surface area contributed by atoms with Gasteiger partial charge in [0, 0.05) is 17.7 Å². The Bertz CT molecular complexity index is 1030. The molecule has 7 heteroatoms. The van der Waals surface area contributed by atoms with Crippen LogP contribution in [0.3, 0.4) is 0 Å². The molecule has 0 aliphatic carbocycles. The maximum atomic E-state index is 12.8. The van der Waals surface area contributed by atoms with Crippen LogP contribution < -0.4 is 23.7 Å². The molecule has 0 fully saturated rings. The highest BCUT2D eigenvalue weighted by molar-refractivity contribution is 6.14. The highest BCUT2D eigenvalue weighted by Crippen LogP contribution is 2.39. The number of benzene rings is 2. The standard InChI is InChI=1S/C23H24O7/c1-23(2,3)22(25)29-14-7-8-15-17(11-14)30-20(21(15)24)10-13-9-18(27-5)19(28-6)12-16(13)26-4/h7-12H,1-6H3/b20-10-. The topological polar surface area (TPSA) is 80.3 Å². The molecule has 0 spiro atoms. The molecule has 0 saturated carbocycles. The number of rotatable bonds is 5. The fraction of sp³-hybridized carbons (Fsp3) is 0.304. The Morgan fingerprint density at radius 2 is 1.57 bits per heavy atom. The van der Waals surface area contributed by atoms with Crippen molar-refractivity contribution in [3.05, 3.63) is 47.2 Å². The van der Waals surface area contributed by atoms with Crippen molar-refractivity contribution in [1.29, 1.82) is 0 Å². The highest BCUT2D eigenvalue weighted by atomic mass is 16.5. The van der Waals surface area contributed by atoms with Crippen LogP contribution in [0.2, 0.25) is 0 Å². The van der Waals surface area contributed by atoms with Crippen molar-refractivity contribution in [2.45, 2.75) is 20.8 Å². The zero-order valence-corrected chi connectivity index (χ0v) is 17.8. The van der Waals surface area contributed by atoms with E-state index in [1.54, 1.807) is 51.1 Å². The van der Waals surface area contributed by atoms with Gasteiger partial charge in [-0.05, 0) is 45.0 Å². The Labute approximate surface area is 175 Å². The largest absolute Gasteiger partial charge is 0.496 e. The van der Waals surface area contributed by atoms with Crippen LogP contribution in [0.25, 0.3) is 6.08 Å². The van der Waals surface area contributed by atoms with E-state index in [-0.39, 0.29) is 17.5 Å². The molecular weight excluding hydrogens is 388 g/mol. The molecule has 0 radical (unpaired) electrons. The van der Waals surface area contributed by atoms with Gasteiger partial charge in [0.15, 0.2) is 17.3 Å². The summed E-state index contributed by atoms with van der Waals surface area (Å²) < 4.78 is 27.1. The molecule has 0 unspecified atom stereocenters. The number of Topliss-reactive ketones (excluding diaryl/α,β-unsaturated/α-hetero) is 1. The molecule has 7 nitrogen and oxygen atoms in total. The Balaban J connectivity index is 1.93. The summed E-state index contributed by atoms with van der Waals surface area (Å²) in [6.07, 6.45) is 1.57. The number of fused-ring (bicyclic) bond motifs is 1. The van der Waals surface area contributed by atoms with E-state index >= 15 is 0 Å². The van der Waals surface area contributed by atoms with E-state index in [0.29, 0.717) is 39.9 Å². The average molecular weight is 412 g/mol. The molecule has 0 amide bonds. The molecule has 1 aliphatic rings. The molecule has 0 N–H and O–H groups in total. The lowest BCUT2D eigenvalue weighted by Gasteiger charge is -2.16. The van der Waals surface area contributed by atoms with Crippen LogP contribution in [-0.2, 0) is 4.79 Å². The summed E-state index contributed by atoms with van der Waals surface area (Å²) in [5, 5.41) is 0. The minimum atomic E-state index is -0.648. The van der Waals surface area contributed by atoms with Crippen LogP contribution in [-0.4, -0.2) is 33.1 Å². The smallest absolute Gasteiger partial charge is 0.316 e. The van der Waals surface area contributed by atoms with Gasteiger partial charge in [-0.3, -0.25) is 9.59 Å². The maximum Gasteiger partial charge on any atom is 0.316 e. The van der Waals surface area contributed by atoms with Gasteiger partial charge in [0.1, 0.15) is 17.2 Å². The van der Waals surface area contributed by atoms with Crippen LogP contribution in [0.4, 0.5) is 0 Å². The number of carbonyl (C=O) groups excluding carboxylic acids is 2. The summed E-state index contributed by atoms with van der Waals surface area (Å²) in [4.78, 5) is 24.9. The normalized spacial score (nSPS) is 14.2. The van der Waals surface area contributed by atoms with Crippen molar-refractivity contribution in [3.63, 3.8) is 0 Å². The van der Waals surface area contributed by atoms with Crippen molar-refractivity contribution in [3.8, 4) is 28.7 Å². The van der Waals surface area contributed by atoms with Crippen LogP contribution in [0, 0.1) is 5.41 Å². The first-order chi connectivity index (χ1) is 14.2. The summed E-state index contributed by atoms with van der Waals surface area (Å²) in [7, 11) is 4.57. The quantitative estimate of drug-likeness (QED) is 0.412. The van der Waals surface area contributed by atoms with Crippen molar-refractivity contribution >= 4 is 17.8 Å². The van der Waals surface area contributed by atoms with Gasteiger partial charge in [-0.1, -0.05) is 0 Å². The molecule has 3 rings (SSSR count). The lowest BCUT2D eigenvalue weighted by molar-refractivity contribution is -0.143. The predicted octanol–water partition coefficient (Wildman–Crippen LogP) is 4.28. The SMILES string of the molecule is COc1cc(OC)c(OC)cc1/C=C1\Oc2cc(OC(=O)C(C)(C)C)ccc2C1=O. The molecule has 158 valence electrons. The average Bonchev–Trinajstić information content (AvgIpc) is 3.01. The highest BCUT2D eigenvalue weighted by Gasteiger charge is 2.30. The minimum Gasteiger partial charge on any atom is -0.496 e. The zero-order valence-electron chi connectivity index (χ0n) is 17.8. The monoisotopic (exact) mass is 412 g/mol. The molecule has 1 heterocycles. The molecule has 30 heavy (non-hydrogen) atoms. The Kier molecular flexibility index (Phi) is 5.73. The summed E-state index contributed by atoms with van der Waals surface area (Å²) in [5.74, 6) is 1.58. The second-order valence-electron chi connectivity index (χ2n) is 7.69. The molecule has 0 bridgehead atoms. The van der Waals surface area contributed by atoms with Gasteiger partial charge in [0.25, 0.3) is 0 Å². The molecule has 0 saturated heterocycles. The second kappa shape index (κ2) is 8.10. The number of hydrogen-bond acceptors (Lipinski definition) is 7. The fourth-order valence-electron chi connectivity index (χ4n) is 2.80. The lowest BCUT2D eigenvalue weighted by atomic mass is 9.97. The van der Waals surface area contributed by atoms with E-state index in [1.807, 2.05) is 0 Å². The Morgan fingerprint density at radius 1 is 0.933 bits per heavy atom.